The second kappa shape index (κ2) is 3.00. The third kappa shape index (κ3) is 1.47. The first-order chi connectivity index (χ1) is 4.74. The maximum Gasteiger partial charge on any atom is 0.156 e. The third-order valence-electron chi connectivity index (χ3n) is 2.03. The van der Waals surface area contributed by atoms with Gasteiger partial charge < -0.3 is 0 Å². The topological polar surface area (TPSA) is 17.1 Å². The molecule has 10 heavy (non-hydrogen) atoms. The van der Waals surface area contributed by atoms with Gasteiger partial charge in [-0.3, -0.25) is 4.79 Å². The van der Waals surface area contributed by atoms with Gasteiger partial charge in [-0.05, 0) is 18.4 Å². The Kier molecular flexibility index (Phi) is 2.25. The Labute approximate surface area is 62.1 Å². The van der Waals surface area contributed by atoms with Crippen LogP contribution in [-0.2, 0) is 4.79 Å². The molecule has 0 fully saturated rings. The molecule has 1 heteroatoms. The van der Waals surface area contributed by atoms with Gasteiger partial charge in [0.2, 0.25) is 0 Å². The second-order valence-corrected chi connectivity index (χ2v) is 3.04. The van der Waals surface area contributed by atoms with Crippen molar-refractivity contribution in [2.24, 2.45) is 5.92 Å². The average Bonchev–Trinajstić information content (AvgIpc) is 2.13. The lowest BCUT2D eigenvalue weighted by molar-refractivity contribution is -0.114. The molecule has 1 aliphatic carbocycles. The van der Waals surface area contributed by atoms with Gasteiger partial charge in [-0.2, -0.15) is 0 Å². The SMILES string of the molecule is CCCC1=CC(=O)CC1C. The molecule has 1 rings (SSSR count). The van der Waals surface area contributed by atoms with Crippen molar-refractivity contribution in [3.05, 3.63) is 11.6 Å². The molecule has 0 radical (unpaired) electrons. The van der Waals surface area contributed by atoms with Gasteiger partial charge in [0.05, 0.1) is 0 Å². The Morgan fingerprint density at radius 1 is 1.70 bits per heavy atom. The molecule has 1 nitrogen and oxygen atoms in total. The summed E-state index contributed by atoms with van der Waals surface area (Å²) in [5, 5.41) is 0. The molecule has 0 saturated heterocycles. The van der Waals surface area contributed by atoms with E-state index in [1.54, 1.807) is 0 Å². The summed E-state index contributed by atoms with van der Waals surface area (Å²) in [4.78, 5) is 10.9. The van der Waals surface area contributed by atoms with Crippen molar-refractivity contribution in [1.82, 2.24) is 0 Å². The molecule has 0 saturated carbocycles. The summed E-state index contributed by atoms with van der Waals surface area (Å²) >= 11 is 0. The Bertz CT molecular complexity index is 168. The van der Waals surface area contributed by atoms with Gasteiger partial charge in [0, 0.05) is 6.42 Å². The molecular formula is C9H14O. The molecule has 1 atom stereocenters. The minimum Gasteiger partial charge on any atom is -0.295 e. The highest BCUT2D eigenvalue weighted by Gasteiger charge is 2.18. The number of ketones is 1. The molecule has 0 amide bonds. The number of hydrogen-bond acceptors (Lipinski definition) is 1. The van der Waals surface area contributed by atoms with Crippen LogP contribution in [-0.4, -0.2) is 5.78 Å². The Hall–Kier alpha value is -0.590. The van der Waals surface area contributed by atoms with Crippen LogP contribution in [0.5, 0.6) is 0 Å². The molecule has 56 valence electrons. The minimum atomic E-state index is 0.316. The van der Waals surface area contributed by atoms with Gasteiger partial charge in [-0.1, -0.05) is 25.8 Å². The predicted molar refractivity (Wildman–Crippen MR) is 41.8 cm³/mol. The maximum absolute atomic E-state index is 10.9. The smallest absolute Gasteiger partial charge is 0.156 e. The Morgan fingerprint density at radius 3 is 2.80 bits per heavy atom. The lowest BCUT2D eigenvalue weighted by Gasteiger charge is -2.04. The summed E-state index contributed by atoms with van der Waals surface area (Å²) in [6.07, 6.45) is 4.83. The van der Waals surface area contributed by atoms with E-state index in [0.29, 0.717) is 11.7 Å². The van der Waals surface area contributed by atoms with E-state index in [2.05, 4.69) is 13.8 Å². The average molecular weight is 138 g/mol. The molecule has 0 heterocycles. The zero-order valence-electron chi connectivity index (χ0n) is 6.68. The van der Waals surface area contributed by atoms with E-state index in [4.69, 9.17) is 0 Å². The van der Waals surface area contributed by atoms with E-state index in [0.717, 1.165) is 19.3 Å². The molecule has 0 aromatic rings. The fraction of sp³-hybridized carbons (Fsp3) is 0.667. The van der Waals surface area contributed by atoms with Crippen LogP contribution in [0.3, 0.4) is 0 Å². The highest BCUT2D eigenvalue weighted by atomic mass is 16.1. The van der Waals surface area contributed by atoms with Crippen LogP contribution in [0.25, 0.3) is 0 Å². The van der Waals surface area contributed by atoms with Gasteiger partial charge in [-0.25, -0.2) is 0 Å². The highest BCUT2D eigenvalue weighted by Crippen LogP contribution is 2.25. The van der Waals surface area contributed by atoms with E-state index in [1.165, 1.54) is 5.57 Å². The molecule has 0 spiro atoms. The fourth-order valence-corrected chi connectivity index (χ4v) is 1.45. The van der Waals surface area contributed by atoms with E-state index >= 15 is 0 Å². The van der Waals surface area contributed by atoms with Gasteiger partial charge >= 0.3 is 0 Å². The standard InChI is InChI=1S/C9H14O/c1-3-4-8-6-9(10)5-7(8)2/h6-7H,3-5H2,1-2H3. The molecule has 1 aliphatic rings. The van der Waals surface area contributed by atoms with Crippen LogP contribution < -0.4 is 0 Å². The van der Waals surface area contributed by atoms with Crippen molar-refractivity contribution < 1.29 is 4.79 Å². The molecule has 1 unspecified atom stereocenters. The quantitative estimate of drug-likeness (QED) is 0.572. The first-order valence-corrected chi connectivity index (χ1v) is 3.97. The van der Waals surface area contributed by atoms with Crippen LogP contribution in [0.4, 0.5) is 0 Å². The zero-order chi connectivity index (χ0) is 7.56. The highest BCUT2D eigenvalue weighted by molar-refractivity contribution is 5.93. The van der Waals surface area contributed by atoms with Crippen molar-refractivity contribution in [1.29, 1.82) is 0 Å². The predicted octanol–water partition coefficient (Wildman–Crippen LogP) is 2.32. The van der Waals surface area contributed by atoms with E-state index in [-0.39, 0.29) is 0 Å². The lowest BCUT2D eigenvalue weighted by Crippen LogP contribution is -1.93. The van der Waals surface area contributed by atoms with Gasteiger partial charge in [0.15, 0.2) is 5.78 Å². The molecule has 0 aliphatic heterocycles. The number of hydrogen-bond donors (Lipinski definition) is 0. The first kappa shape index (κ1) is 7.52. The third-order valence-corrected chi connectivity index (χ3v) is 2.03. The summed E-state index contributed by atoms with van der Waals surface area (Å²) in [5.74, 6) is 0.836. The van der Waals surface area contributed by atoms with Crippen LogP contribution in [0.15, 0.2) is 11.6 Å². The van der Waals surface area contributed by atoms with E-state index in [1.807, 2.05) is 6.08 Å². The first-order valence-electron chi connectivity index (χ1n) is 3.97. The van der Waals surface area contributed by atoms with Crippen molar-refractivity contribution in [2.75, 3.05) is 0 Å². The summed E-state index contributed by atoms with van der Waals surface area (Å²) in [6.45, 7) is 4.28. The van der Waals surface area contributed by atoms with E-state index in [9.17, 15) is 4.79 Å². The monoisotopic (exact) mass is 138 g/mol. The van der Waals surface area contributed by atoms with E-state index < -0.39 is 0 Å². The summed E-state index contributed by atoms with van der Waals surface area (Å²) < 4.78 is 0. The largest absolute Gasteiger partial charge is 0.295 e. The van der Waals surface area contributed by atoms with Gasteiger partial charge in [-0.15, -0.1) is 0 Å². The lowest BCUT2D eigenvalue weighted by atomic mass is 10.0. The van der Waals surface area contributed by atoms with Gasteiger partial charge in [0.1, 0.15) is 0 Å². The number of carbonyl (C=O) groups excluding carboxylic acids is 1. The minimum absolute atomic E-state index is 0.316. The van der Waals surface area contributed by atoms with Crippen molar-refractivity contribution in [3.8, 4) is 0 Å². The van der Waals surface area contributed by atoms with Crippen LogP contribution in [0.2, 0.25) is 0 Å². The second-order valence-electron chi connectivity index (χ2n) is 3.04. The molecule has 0 bridgehead atoms. The summed E-state index contributed by atoms with van der Waals surface area (Å²) in [6, 6.07) is 0. The Morgan fingerprint density at radius 2 is 2.40 bits per heavy atom. The number of rotatable bonds is 2. The fourth-order valence-electron chi connectivity index (χ4n) is 1.45. The van der Waals surface area contributed by atoms with Crippen LogP contribution >= 0.6 is 0 Å². The van der Waals surface area contributed by atoms with Crippen molar-refractivity contribution >= 4 is 5.78 Å². The van der Waals surface area contributed by atoms with Crippen LogP contribution in [0, 0.1) is 5.92 Å². The Balaban J connectivity index is 2.56. The number of allylic oxidation sites excluding steroid dienone is 2. The molecule has 0 aromatic heterocycles. The maximum atomic E-state index is 10.9. The van der Waals surface area contributed by atoms with Crippen LogP contribution in [0.1, 0.15) is 33.1 Å². The zero-order valence-corrected chi connectivity index (χ0v) is 6.68. The normalized spacial score (nSPS) is 25.2. The molecule has 0 N–H and O–H groups in total. The molecule has 0 aromatic carbocycles. The summed E-state index contributed by atoms with van der Waals surface area (Å²) in [5.41, 5.74) is 1.35. The molecular weight excluding hydrogens is 124 g/mol. The van der Waals surface area contributed by atoms with Gasteiger partial charge in [0.25, 0.3) is 0 Å². The van der Waals surface area contributed by atoms with Crippen molar-refractivity contribution in [3.63, 3.8) is 0 Å². The van der Waals surface area contributed by atoms with Crippen molar-refractivity contribution in [2.45, 2.75) is 33.1 Å². The number of carbonyl (C=O) groups is 1. The summed E-state index contributed by atoms with van der Waals surface area (Å²) in [7, 11) is 0.